The molecule has 2 atom stereocenters. The molecule has 0 aromatic heterocycles. The summed E-state index contributed by atoms with van der Waals surface area (Å²) in [5.74, 6) is -0.0883. The highest BCUT2D eigenvalue weighted by atomic mass is 16.2. The Bertz CT molecular complexity index is 264. The molecule has 0 aromatic carbocycles. The Balaban J connectivity index is 2.22. The Morgan fingerprint density at radius 1 is 1.15 bits per heavy atom. The number of fused-ring (bicyclic) bond motifs is 1. The molecule has 13 heavy (non-hydrogen) atoms. The van der Waals surface area contributed by atoms with E-state index in [9.17, 15) is 9.59 Å². The minimum absolute atomic E-state index is 0.00144. The summed E-state index contributed by atoms with van der Waals surface area (Å²) in [5.41, 5.74) is 0. The normalized spacial score (nSPS) is 35.4. The number of hydrogen-bond donors (Lipinski definition) is 0. The van der Waals surface area contributed by atoms with Crippen LogP contribution in [0.5, 0.6) is 0 Å². The number of piperidine rings is 1. The number of carbonyl (C=O) groups excluding carboxylic acids is 2. The monoisotopic (exact) mass is 182 g/mol. The first kappa shape index (κ1) is 8.69. The highest BCUT2D eigenvalue weighted by Gasteiger charge is 2.47. The van der Waals surface area contributed by atoms with Crippen molar-refractivity contribution in [2.75, 3.05) is 27.2 Å². The molecule has 72 valence electrons. The molecule has 2 saturated heterocycles. The molecule has 0 aliphatic carbocycles. The molecule has 2 aliphatic rings. The van der Waals surface area contributed by atoms with Crippen molar-refractivity contribution in [1.29, 1.82) is 0 Å². The number of imide groups is 1. The lowest BCUT2D eigenvalue weighted by Gasteiger charge is -2.28. The molecule has 2 fully saturated rings. The van der Waals surface area contributed by atoms with Gasteiger partial charge >= 0.3 is 0 Å². The minimum atomic E-state index is -0.0729. The van der Waals surface area contributed by atoms with Crippen molar-refractivity contribution in [3.8, 4) is 0 Å². The van der Waals surface area contributed by atoms with Crippen LogP contribution in [0.1, 0.15) is 6.42 Å². The van der Waals surface area contributed by atoms with Gasteiger partial charge in [0.1, 0.15) is 0 Å². The molecule has 2 aliphatic heterocycles. The van der Waals surface area contributed by atoms with Gasteiger partial charge in [-0.2, -0.15) is 0 Å². The van der Waals surface area contributed by atoms with Crippen molar-refractivity contribution >= 4 is 11.8 Å². The number of likely N-dealkylation sites (tertiary alicyclic amines) is 2. The van der Waals surface area contributed by atoms with Crippen LogP contribution in [0.3, 0.4) is 0 Å². The van der Waals surface area contributed by atoms with E-state index in [1.54, 1.807) is 7.05 Å². The van der Waals surface area contributed by atoms with E-state index >= 15 is 0 Å². The van der Waals surface area contributed by atoms with Crippen LogP contribution in [0.25, 0.3) is 0 Å². The van der Waals surface area contributed by atoms with Crippen LogP contribution in [-0.2, 0) is 9.59 Å². The third-order valence-corrected chi connectivity index (χ3v) is 3.11. The maximum absolute atomic E-state index is 11.6. The van der Waals surface area contributed by atoms with Crippen molar-refractivity contribution in [3.05, 3.63) is 0 Å². The standard InChI is InChI=1S/C9H14N2O2/c1-10-4-3-6-7(5-10)9(13)11(2)8(6)12/h6-7H,3-5H2,1-2H3. The number of rotatable bonds is 0. The van der Waals surface area contributed by atoms with Crippen LogP contribution >= 0.6 is 0 Å². The van der Waals surface area contributed by atoms with E-state index in [1.807, 2.05) is 7.05 Å². The maximum atomic E-state index is 11.6. The largest absolute Gasteiger partial charge is 0.306 e. The summed E-state index contributed by atoms with van der Waals surface area (Å²) in [6.45, 7) is 1.66. The van der Waals surface area contributed by atoms with Crippen LogP contribution in [-0.4, -0.2) is 48.8 Å². The summed E-state index contributed by atoms with van der Waals surface area (Å²) < 4.78 is 0. The zero-order valence-corrected chi connectivity index (χ0v) is 7.99. The number of carbonyl (C=O) groups is 2. The van der Waals surface area contributed by atoms with Gasteiger partial charge in [0.05, 0.1) is 11.8 Å². The molecule has 4 heteroatoms. The average molecular weight is 182 g/mol. The van der Waals surface area contributed by atoms with E-state index in [-0.39, 0.29) is 23.7 Å². The van der Waals surface area contributed by atoms with Crippen LogP contribution < -0.4 is 0 Å². The Labute approximate surface area is 77.5 Å². The number of hydrogen-bond acceptors (Lipinski definition) is 3. The predicted octanol–water partition coefficient (Wildman–Crippen LogP) is -0.447. The Kier molecular flexibility index (Phi) is 1.87. The van der Waals surface area contributed by atoms with E-state index in [0.717, 1.165) is 19.5 Å². The molecular formula is C9H14N2O2. The highest BCUT2D eigenvalue weighted by Crippen LogP contribution is 2.31. The van der Waals surface area contributed by atoms with E-state index in [2.05, 4.69) is 4.90 Å². The lowest BCUT2D eigenvalue weighted by molar-refractivity contribution is -0.138. The third-order valence-electron chi connectivity index (χ3n) is 3.11. The van der Waals surface area contributed by atoms with Crippen molar-refractivity contribution in [3.63, 3.8) is 0 Å². The fourth-order valence-corrected chi connectivity index (χ4v) is 2.27. The molecule has 0 aromatic rings. The van der Waals surface area contributed by atoms with Crippen LogP contribution in [0, 0.1) is 11.8 Å². The molecule has 4 nitrogen and oxygen atoms in total. The summed E-state index contributed by atoms with van der Waals surface area (Å²) in [6, 6.07) is 0. The number of amides is 2. The summed E-state index contributed by atoms with van der Waals surface area (Å²) in [7, 11) is 3.58. The van der Waals surface area contributed by atoms with E-state index in [4.69, 9.17) is 0 Å². The summed E-state index contributed by atoms with van der Waals surface area (Å²) in [4.78, 5) is 26.5. The summed E-state index contributed by atoms with van der Waals surface area (Å²) in [5, 5.41) is 0. The second kappa shape index (κ2) is 2.80. The van der Waals surface area contributed by atoms with E-state index in [1.165, 1.54) is 4.90 Å². The Hall–Kier alpha value is -0.900. The summed E-state index contributed by atoms with van der Waals surface area (Å²) >= 11 is 0. The summed E-state index contributed by atoms with van der Waals surface area (Å²) in [6.07, 6.45) is 0.829. The molecule has 0 bridgehead atoms. The van der Waals surface area contributed by atoms with Gasteiger partial charge in [0.2, 0.25) is 11.8 Å². The predicted molar refractivity (Wildman–Crippen MR) is 46.9 cm³/mol. The Morgan fingerprint density at radius 2 is 1.77 bits per heavy atom. The molecule has 2 heterocycles. The van der Waals surface area contributed by atoms with Crippen molar-refractivity contribution in [2.45, 2.75) is 6.42 Å². The van der Waals surface area contributed by atoms with E-state index in [0.29, 0.717) is 0 Å². The fourth-order valence-electron chi connectivity index (χ4n) is 2.27. The van der Waals surface area contributed by atoms with Crippen molar-refractivity contribution in [2.24, 2.45) is 11.8 Å². The topological polar surface area (TPSA) is 40.6 Å². The molecule has 0 saturated carbocycles. The number of nitrogens with zero attached hydrogens (tertiary/aromatic N) is 2. The SMILES string of the molecule is CN1CCC2C(=O)N(C)C(=O)C2C1. The molecule has 0 N–H and O–H groups in total. The first-order valence-electron chi connectivity index (χ1n) is 4.61. The lowest BCUT2D eigenvalue weighted by atomic mass is 9.88. The lowest BCUT2D eigenvalue weighted by Crippen LogP contribution is -2.39. The second-order valence-electron chi connectivity index (χ2n) is 4.00. The van der Waals surface area contributed by atoms with Gasteiger partial charge in [-0.1, -0.05) is 0 Å². The molecule has 2 unspecified atom stereocenters. The van der Waals surface area contributed by atoms with Gasteiger partial charge in [-0.05, 0) is 20.0 Å². The molecule has 2 amide bonds. The quantitative estimate of drug-likeness (QED) is 0.476. The van der Waals surface area contributed by atoms with Gasteiger partial charge in [-0.25, -0.2) is 0 Å². The van der Waals surface area contributed by atoms with Gasteiger partial charge in [-0.15, -0.1) is 0 Å². The van der Waals surface area contributed by atoms with Gasteiger partial charge in [-0.3, -0.25) is 14.5 Å². The van der Waals surface area contributed by atoms with Crippen molar-refractivity contribution < 1.29 is 9.59 Å². The first-order chi connectivity index (χ1) is 6.11. The second-order valence-corrected chi connectivity index (χ2v) is 4.00. The molecule has 0 spiro atoms. The van der Waals surface area contributed by atoms with Gasteiger partial charge < -0.3 is 4.90 Å². The Morgan fingerprint density at radius 3 is 2.46 bits per heavy atom. The van der Waals surface area contributed by atoms with Crippen LogP contribution in [0.15, 0.2) is 0 Å². The minimum Gasteiger partial charge on any atom is -0.306 e. The molecular weight excluding hydrogens is 168 g/mol. The van der Waals surface area contributed by atoms with Gasteiger partial charge in [0.15, 0.2) is 0 Å². The van der Waals surface area contributed by atoms with Crippen LogP contribution in [0.4, 0.5) is 0 Å². The van der Waals surface area contributed by atoms with Crippen LogP contribution in [0.2, 0.25) is 0 Å². The maximum Gasteiger partial charge on any atom is 0.234 e. The zero-order chi connectivity index (χ0) is 9.59. The smallest absolute Gasteiger partial charge is 0.234 e. The highest BCUT2D eigenvalue weighted by molar-refractivity contribution is 6.05. The first-order valence-corrected chi connectivity index (χ1v) is 4.61. The average Bonchev–Trinajstić information content (AvgIpc) is 2.32. The molecule has 0 radical (unpaired) electrons. The van der Waals surface area contributed by atoms with Gasteiger partial charge in [0.25, 0.3) is 0 Å². The molecule has 2 rings (SSSR count). The third kappa shape index (κ3) is 1.16. The van der Waals surface area contributed by atoms with Crippen molar-refractivity contribution in [1.82, 2.24) is 9.80 Å². The van der Waals surface area contributed by atoms with E-state index < -0.39 is 0 Å². The zero-order valence-electron chi connectivity index (χ0n) is 7.99. The van der Waals surface area contributed by atoms with Gasteiger partial charge in [0, 0.05) is 13.6 Å². The fraction of sp³-hybridized carbons (Fsp3) is 0.778.